The van der Waals surface area contributed by atoms with Crippen LogP contribution < -0.4 is 0 Å². The predicted molar refractivity (Wildman–Crippen MR) is 74.5 cm³/mol. The van der Waals surface area contributed by atoms with Crippen LogP contribution in [-0.2, 0) is 11.2 Å². The summed E-state index contributed by atoms with van der Waals surface area (Å²) in [5.74, 6) is 0. The Balaban J connectivity index is 1.71. The molecule has 0 amide bonds. The average Bonchev–Trinajstić information content (AvgIpc) is 2.40. The van der Waals surface area contributed by atoms with Crippen molar-refractivity contribution in [3.05, 3.63) is 28.5 Å². The van der Waals surface area contributed by atoms with Crippen molar-refractivity contribution in [2.24, 2.45) is 0 Å². The summed E-state index contributed by atoms with van der Waals surface area (Å²) >= 11 is 3.35. The molecule has 0 saturated carbocycles. The number of halogens is 1. The lowest BCUT2D eigenvalue weighted by Crippen LogP contribution is -2.22. The van der Waals surface area contributed by atoms with E-state index in [-0.39, 0.29) is 6.10 Å². The Morgan fingerprint density at radius 3 is 3.00 bits per heavy atom. The molecule has 1 N–H and O–H groups in total. The van der Waals surface area contributed by atoms with E-state index >= 15 is 0 Å². The smallest absolute Gasteiger partial charge is 0.0596 e. The highest BCUT2D eigenvalue weighted by atomic mass is 79.9. The summed E-state index contributed by atoms with van der Waals surface area (Å²) in [6.07, 6.45) is 7.77. The number of nitrogens with zero attached hydrogens (tertiary/aromatic N) is 1. The first-order chi connectivity index (χ1) is 8.74. The topological polar surface area (TPSA) is 42.4 Å². The molecular formula is C14H20BrNO2. The summed E-state index contributed by atoms with van der Waals surface area (Å²) in [6.45, 7) is 0.884. The summed E-state index contributed by atoms with van der Waals surface area (Å²) in [4.78, 5) is 4.27. The normalized spacial score (nSPS) is 21.8. The monoisotopic (exact) mass is 313 g/mol. The van der Waals surface area contributed by atoms with Gasteiger partial charge in [0.2, 0.25) is 0 Å². The van der Waals surface area contributed by atoms with Gasteiger partial charge in [-0.3, -0.25) is 4.98 Å². The van der Waals surface area contributed by atoms with Gasteiger partial charge >= 0.3 is 0 Å². The second-order valence-electron chi connectivity index (χ2n) is 4.89. The number of aromatic nitrogens is 1. The quantitative estimate of drug-likeness (QED) is 0.908. The van der Waals surface area contributed by atoms with E-state index < -0.39 is 0 Å². The van der Waals surface area contributed by atoms with Gasteiger partial charge in [-0.25, -0.2) is 0 Å². The fraction of sp³-hybridized carbons (Fsp3) is 0.643. The van der Waals surface area contributed by atoms with Crippen molar-refractivity contribution >= 4 is 15.9 Å². The molecule has 1 aliphatic rings. The van der Waals surface area contributed by atoms with Crippen molar-refractivity contribution < 1.29 is 9.84 Å². The van der Waals surface area contributed by atoms with E-state index in [1.165, 1.54) is 12.8 Å². The first-order valence-corrected chi connectivity index (χ1v) is 7.43. The number of hydrogen-bond acceptors (Lipinski definition) is 3. The van der Waals surface area contributed by atoms with E-state index in [1.54, 1.807) is 6.20 Å². The lowest BCUT2D eigenvalue weighted by Gasteiger charge is -2.23. The highest BCUT2D eigenvalue weighted by molar-refractivity contribution is 9.10. The fourth-order valence-corrected chi connectivity index (χ4v) is 2.52. The SMILES string of the molecule is OC(CCC1CCCCO1)Cc1ccc(Br)cn1. The zero-order valence-electron chi connectivity index (χ0n) is 10.5. The van der Waals surface area contributed by atoms with Crippen molar-refractivity contribution in [1.29, 1.82) is 0 Å². The number of ether oxygens (including phenoxy) is 1. The van der Waals surface area contributed by atoms with Crippen molar-refractivity contribution in [2.75, 3.05) is 6.61 Å². The second-order valence-corrected chi connectivity index (χ2v) is 5.81. The maximum absolute atomic E-state index is 10.00. The Morgan fingerprint density at radius 1 is 1.44 bits per heavy atom. The molecule has 1 fully saturated rings. The van der Waals surface area contributed by atoms with Crippen LogP contribution in [0.25, 0.3) is 0 Å². The van der Waals surface area contributed by atoms with E-state index in [4.69, 9.17) is 4.74 Å². The number of rotatable bonds is 5. The van der Waals surface area contributed by atoms with Crippen LogP contribution in [0.3, 0.4) is 0 Å². The van der Waals surface area contributed by atoms with E-state index in [0.29, 0.717) is 12.5 Å². The van der Waals surface area contributed by atoms with Crippen molar-refractivity contribution in [3.8, 4) is 0 Å². The highest BCUT2D eigenvalue weighted by Gasteiger charge is 2.16. The molecule has 2 atom stereocenters. The molecular weight excluding hydrogens is 294 g/mol. The maximum Gasteiger partial charge on any atom is 0.0596 e. The predicted octanol–water partition coefficient (Wildman–Crippen LogP) is 3.10. The first kappa shape index (κ1) is 14.0. The van der Waals surface area contributed by atoms with Gasteiger partial charge < -0.3 is 9.84 Å². The van der Waals surface area contributed by atoms with E-state index in [0.717, 1.165) is 36.0 Å². The summed E-state index contributed by atoms with van der Waals surface area (Å²) in [7, 11) is 0. The molecule has 18 heavy (non-hydrogen) atoms. The Bertz CT molecular complexity index is 349. The lowest BCUT2D eigenvalue weighted by molar-refractivity contribution is 0.00228. The minimum atomic E-state index is -0.316. The highest BCUT2D eigenvalue weighted by Crippen LogP contribution is 2.18. The van der Waals surface area contributed by atoms with Gasteiger partial charge in [-0.2, -0.15) is 0 Å². The first-order valence-electron chi connectivity index (χ1n) is 6.64. The Morgan fingerprint density at radius 2 is 2.33 bits per heavy atom. The zero-order valence-corrected chi connectivity index (χ0v) is 12.1. The number of pyridine rings is 1. The van der Waals surface area contributed by atoms with Crippen molar-refractivity contribution in [2.45, 2.75) is 50.7 Å². The molecule has 2 rings (SSSR count). The summed E-state index contributed by atoms with van der Waals surface area (Å²) in [6, 6.07) is 3.91. The van der Waals surface area contributed by atoms with Gasteiger partial charge in [0.15, 0.2) is 0 Å². The van der Waals surface area contributed by atoms with Crippen molar-refractivity contribution in [1.82, 2.24) is 4.98 Å². The number of aliphatic hydroxyl groups is 1. The molecule has 1 aliphatic heterocycles. The van der Waals surface area contributed by atoms with Gasteiger partial charge in [0, 0.05) is 29.4 Å². The van der Waals surface area contributed by atoms with Gasteiger partial charge in [-0.05, 0) is 60.2 Å². The van der Waals surface area contributed by atoms with Crippen LogP contribution in [-0.4, -0.2) is 28.9 Å². The van der Waals surface area contributed by atoms with Gasteiger partial charge in [-0.15, -0.1) is 0 Å². The molecule has 0 radical (unpaired) electrons. The van der Waals surface area contributed by atoms with Crippen LogP contribution >= 0.6 is 15.9 Å². The van der Waals surface area contributed by atoms with E-state index in [9.17, 15) is 5.11 Å². The van der Waals surface area contributed by atoms with Crippen molar-refractivity contribution in [3.63, 3.8) is 0 Å². The molecule has 0 spiro atoms. The van der Waals surface area contributed by atoms with E-state index in [1.807, 2.05) is 12.1 Å². The third-order valence-electron chi connectivity index (χ3n) is 3.33. The standard InChI is InChI=1S/C14H20BrNO2/c15-11-4-5-12(16-10-11)9-13(17)6-7-14-3-1-2-8-18-14/h4-5,10,13-14,17H,1-3,6-9H2. The third-order valence-corrected chi connectivity index (χ3v) is 3.80. The van der Waals surface area contributed by atoms with Gasteiger partial charge in [0.25, 0.3) is 0 Å². The van der Waals surface area contributed by atoms with E-state index in [2.05, 4.69) is 20.9 Å². The lowest BCUT2D eigenvalue weighted by atomic mass is 10.0. The van der Waals surface area contributed by atoms with Crippen LogP contribution in [0.2, 0.25) is 0 Å². The molecule has 0 aliphatic carbocycles. The minimum absolute atomic E-state index is 0.316. The summed E-state index contributed by atoms with van der Waals surface area (Å²) in [5.41, 5.74) is 0.940. The molecule has 2 unspecified atom stereocenters. The van der Waals surface area contributed by atoms with Gasteiger partial charge in [-0.1, -0.05) is 0 Å². The maximum atomic E-state index is 10.00. The average molecular weight is 314 g/mol. The number of aliphatic hydroxyl groups excluding tert-OH is 1. The van der Waals surface area contributed by atoms with Crippen LogP contribution in [0.1, 0.15) is 37.8 Å². The molecule has 100 valence electrons. The van der Waals surface area contributed by atoms with Gasteiger partial charge in [0.05, 0.1) is 12.2 Å². The molecule has 3 nitrogen and oxygen atoms in total. The largest absolute Gasteiger partial charge is 0.393 e. The molecule has 2 heterocycles. The fourth-order valence-electron chi connectivity index (χ4n) is 2.28. The van der Waals surface area contributed by atoms with Crippen LogP contribution in [0.5, 0.6) is 0 Å². The summed E-state index contributed by atoms with van der Waals surface area (Å²) in [5, 5.41) is 10.00. The minimum Gasteiger partial charge on any atom is -0.393 e. The van der Waals surface area contributed by atoms with Crippen LogP contribution in [0, 0.1) is 0 Å². The molecule has 1 aromatic rings. The Kier molecular flexibility index (Phi) is 5.60. The van der Waals surface area contributed by atoms with Crippen LogP contribution in [0.15, 0.2) is 22.8 Å². The molecule has 1 aromatic heterocycles. The second kappa shape index (κ2) is 7.22. The number of hydrogen-bond donors (Lipinski definition) is 1. The molecule has 4 heteroatoms. The molecule has 0 bridgehead atoms. The van der Waals surface area contributed by atoms with Crippen LogP contribution in [0.4, 0.5) is 0 Å². The summed E-state index contributed by atoms with van der Waals surface area (Å²) < 4.78 is 6.63. The molecule has 0 aromatic carbocycles. The Labute approximate surface area is 117 Å². The zero-order chi connectivity index (χ0) is 12.8. The Hall–Kier alpha value is -0.450. The molecule has 1 saturated heterocycles. The third kappa shape index (κ3) is 4.67. The van der Waals surface area contributed by atoms with Gasteiger partial charge in [0.1, 0.15) is 0 Å².